The van der Waals surface area contributed by atoms with E-state index in [-0.39, 0.29) is 29.2 Å². The molecule has 2 aromatic rings. The van der Waals surface area contributed by atoms with Crippen molar-refractivity contribution in [3.8, 4) is 11.5 Å². The predicted octanol–water partition coefficient (Wildman–Crippen LogP) is 6.09. The first-order valence-corrected chi connectivity index (χ1v) is 12.3. The Balaban J connectivity index is 1.10. The molecule has 0 aliphatic heterocycles. The molecule has 4 bridgehead atoms. The molecule has 4 aliphatic carbocycles. The highest BCUT2D eigenvalue weighted by molar-refractivity contribution is 5.93. The molecule has 4 aliphatic rings. The van der Waals surface area contributed by atoms with Crippen molar-refractivity contribution in [1.82, 2.24) is 0 Å². The summed E-state index contributed by atoms with van der Waals surface area (Å²) in [5.74, 6) is 1.76. The van der Waals surface area contributed by atoms with Gasteiger partial charge in [-0.05, 0) is 60.1 Å². The fraction of sp³-hybridized carbons (Fsp3) is 0.290. The molecule has 0 fully saturated rings. The number of hydrogen-bond donors (Lipinski definition) is 0. The van der Waals surface area contributed by atoms with Crippen molar-refractivity contribution in [3.63, 3.8) is 0 Å². The van der Waals surface area contributed by atoms with E-state index in [9.17, 15) is 9.59 Å². The molecule has 4 nitrogen and oxygen atoms in total. The summed E-state index contributed by atoms with van der Waals surface area (Å²) in [4.78, 5) is 25.1. The molecule has 35 heavy (non-hydrogen) atoms. The summed E-state index contributed by atoms with van der Waals surface area (Å²) >= 11 is 0. The molecule has 0 amide bonds. The minimum atomic E-state index is -0.277. The summed E-state index contributed by atoms with van der Waals surface area (Å²) in [6, 6.07) is 15.4. The molecule has 6 rings (SSSR count). The Morgan fingerprint density at radius 2 is 1.06 bits per heavy atom. The molecule has 0 saturated carbocycles. The maximum Gasteiger partial charge on any atom is 0.339 e. The topological polar surface area (TPSA) is 52.6 Å². The molecule has 2 aromatic carbocycles. The highest BCUT2D eigenvalue weighted by Crippen LogP contribution is 2.40. The molecule has 0 aromatic heterocycles. The fourth-order valence-electron chi connectivity index (χ4n) is 5.69. The maximum atomic E-state index is 12.6. The van der Waals surface area contributed by atoms with Gasteiger partial charge in [-0.25, -0.2) is 9.59 Å². The normalized spacial score (nSPS) is 25.5. The second kappa shape index (κ2) is 8.23. The lowest BCUT2D eigenvalue weighted by molar-refractivity contribution is -0.131. The number of rotatable bonds is 6. The summed E-state index contributed by atoms with van der Waals surface area (Å²) < 4.78 is 11.3. The zero-order valence-electron chi connectivity index (χ0n) is 19.9. The van der Waals surface area contributed by atoms with Gasteiger partial charge in [0.2, 0.25) is 0 Å². The van der Waals surface area contributed by atoms with Crippen LogP contribution in [0.2, 0.25) is 0 Å². The third-order valence-electron chi connectivity index (χ3n) is 7.86. The smallest absolute Gasteiger partial charge is 0.339 e. The van der Waals surface area contributed by atoms with Gasteiger partial charge >= 0.3 is 11.9 Å². The van der Waals surface area contributed by atoms with E-state index in [0.717, 1.165) is 35.1 Å². The predicted molar refractivity (Wildman–Crippen MR) is 134 cm³/mol. The first-order valence-electron chi connectivity index (χ1n) is 12.3. The van der Waals surface area contributed by atoms with Crippen molar-refractivity contribution in [3.05, 3.63) is 107 Å². The largest absolute Gasteiger partial charge is 0.423 e. The van der Waals surface area contributed by atoms with Gasteiger partial charge in [-0.1, -0.05) is 74.6 Å². The van der Waals surface area contributed by atoms with Gasteiger partial charge < -0.3 is 9.47 Å². The van der Waals surface area contributed by atoms with Crippen LogP contribution in [-0.4, -0.2) is 11.9 Å². The van der Waals surface area contributed by atoms with Crippen LogP contribution in [0.5, 0.6) is 11.5 Å². The van der Waals surface area contributed by atoms with E-state index < -0.39 is 0 Å². The van der Waals surface area contributed by atoms with Crippen molar-refractivity contribution in [1.29, 1.82) is 0 Å². The molecule has 4 heteroatoms. The van der Waals surface area contributed by atoms with E-state index in [1.807, 2.05) is 60.7 Å². The average molecular weight is 465 g/mol. The van der Waals surface area contributed by atoms with Crippen LogP contribution in [0.4, 0.5) is 0 Å². The highest BCUT2D eigenvalue weighted by atomic mass is 16.5. The standard InChI is InChI=1S/C31H28O4/c1-31(2,23-7-11-25(12-8-23)34-29(32)27-17-19-3-5-21(27)15-19)24-9-13-26(14-10-24)35-30(33)28-18-20-4-6-22(28)16-20/h3-14,17-22H,15-16H2,1-2H3. The number of benzene rings is 2. The monoisotopic (exact) mass is 464 g/mol. The first kappa shape index (κ1) is 21.8. The molecular weight excluding hydrogens is 436 g/mol. The van der Waals surface area contributed by atoms with E-state index in [4.69, 9.17) is 9.47 Å². The van der Waals surface area contributed by atoms with Gasteiger partial charge in [-0.2, -0.15) is 0 Å². The first-order chi connectivity index (χ1) is 16.9. The molecule has 0 saturated heterocycles. The summed E-state index contributed by atoms with van der Waals surface area (Å²) in [5, 5.41) is 0. The lowest BCUT2D eigenvalue weighted by atomic mass is 9.78. The van der Waals surface area contributed by atoms with Crippen LogP contribution in [0, 0.1) is 23.7 Å². The number of fused-ring (bicyclic) bond motifs is 4. The number of esters is 2. The van der Waals surface area contributed by atoms with Crippen LogP contribution in [-0.2, 0) is 15.0 Å². The molecule has 4 atom stereocenters. The second-order valence-corrected chi connectivity index (χ2v) is 10.5. The number of carbonyl (C=O) groups is 2. The van der Waals surface area contributed by atoms with Crippen LogP contribution in [0.25, 0.3) is 0 Å². The number of carbonyl (C=O) groups excluding carboxylic acids is 2. The zero-order chi connectivity index (χ0) is 24.2. The van der Waals surface area contributed by atoms with Crippen molar-refractivity contribution in [2.45, 2.75) is 32.1 Å². The zero-order valence-corrected chi connectivity index (χ0v) is 19.9. The van der Waals surface area contributed by atoms with Crippen LogP contribution in [0.1, 0.15) is 37.8 Å². The van der Waals surface area contributed by atoms with Gasteiger partial charge in [0, 0.05) is 28.4 Å². The van der Waals surface area contributed by atoms with E-state index >= 15 is 0 Å². The highest BCUT2D eigenvalue weighted by Gasteiger charge is 2.34. The number of ether oxygens (including phenoxy) is 2. The van der Waals surface area contributed by atoms with E-state index in [0.29, 0.717) is 23.3 Å². The Hall–Kier alpha value is -3.66. The third-order valence-corrected chi connectivity index (χ3v) is 7.86. The van der Waals surface area contributed by atoms with Crippen LogP contribution < -0.4 is 9.47 Å². The molecule has 176 valence electrons. The minimum Gasteiger partial charge on any atom is -0.423 e. The van der Waals surface area contributed by atoms with Crippen molar-refractivity contribution in [2.75, 3.05) is 0 Å². The van der Waals surface area contributed by atoms with Gasteiger partial charge in [0.15, 0.2) is 0 Å². The Bertz CT molecular complexity index is 1200. The molecule has 0 N–H and O–H groups in total. The van der Waals surface area contributed by atoms with E-state index in [1.165, 1.54) is 0 Å². The van der Waals surface area contributed by atoms with Gasteiger partial charge in [-0.3, -0.25) is 0 Å². The lowest BCUT2D eigenvalue weighted by Gasteiger charge is -2.26. The SMILES string of the molecule is CC(C)(c1ccc(OC(=O)C2=CC3C=CC2C3)cc1)c1ccc(OC(=O)C2=CC3C=CC2C3)cc1. The fourth-order valence-corrected chi connectivity index (χ4v) is 5.69. The summed E-state index contributed by atoms with van der Waals surface area (Å²) in [6.07, 6.45) is 14.6. The van der Waals surface area contributed by atoms with Crippen molar-refractivity contribution >= 4 is 11.9 Å². The molecule has 0 radical (unpaired) electrons. The van der Waals surface area contributed by atoms with Gasteiger partial charge in [0.25, 0.3) is 0 Å². The molecule has 0 spiro atoms. The average Bonchev–Trinajstić information content (AvgIpc) is 3.67. The third kappa shape index (κ3) is 3.97. The summed E-state index contributed by atoms with van der Waals surface area (Å²) in [5.41, 5.74) is 3.47. The van der Waals surface area contributed by atoms with Gasteiger partial charge in [-0.15, -0.1) is 0 Å². The van der Waals surface area contributed by atoms with Crippen molar-refractivity contribution < 1.29 is 19.1 Å². The summed E-state index contributed by atoms with van der Waals surface area (Å²) in [7, 11) is 0. The lowest BCUT2D eigenvalue weighted by Crippen LogP contribution is -2.19. The van der Waals surface area contributed by atoms with Crippen LogP contribution in [0.15, 0.2) is 96.1 Å². The summed E-state index contributed by atoms with van der Waals surface area (Å²) in [6.45, 7) is 4.29. The second-order valence-electron chi connectivity index (χ2n) is 10.5. The molecule has 4 unspecified atom stereocenters. The molecule has 0 heterocycles. The Morgan fingerprint density at radius 1 is 0.657 bits per heavy atom. The van der Waals surface area contributed by atoms with Crippen LogP contribution in [0.3, 0.4) is 0 Å². The maximum absolute atomic E-state index is 12.6. The molecular formula is C31H28O4. The minimum absolute atomic E-state index is 0.204. The van der Waals surface area contributed by atoms with E-state index in [2.05, 4.69) is 38.2 Å². The Kier molecular flexibility index (Phi) is 5.14. The number of hydrogen-bond acceptors (Lipinski definition) is 4. The van der Waals surface area contributed by atoms with E-state index in [1.54, 1.807) is 0 Å². The quantitative estimate of drug-likeness (QED) is 0.295. The number of allylic oxidation sites excluding steroid dienone is 6. The van der Waals surface area contributed by atoms with Crippen LogP contribution >= 0.6 is 0 Å². The Labute approximate surface area is 205 Å². The van der Waals surface area contributed by atoms with Crippen molar-refractivity contribution in [2.24, 2.45) is 23.7 Å². The Morgan fingerprint density at radius 3 is 1.37 bits per heavy atom. The van der Waals surface area contributed by atoms with Gasteiger partial charge in [0.05, 0.1) is 0 Å². The van der Waals surface area contributed by atoms with Gasteiger partial charge in [0.1, 0.15) is 11.5 Å².